The smallest absolute Gasteiger partial charge is 0.337 e. The number of halogens is 2. The third kappa shape index (κ3) is 6.03. The van der Waals surface area contributed by atoms with Gasteiger partial charge in [0, 0.05) is 22.7 Å². The van der Waals surface area contributed by atoms with Gasteiger partial charge in [-0.3, -0.25) is 14.9 Å². The Kier molecular flexibility index (Phi) is 8.09. The summed E-state index contributed by atoms with van der Waals surface area (Å²) in [6.45, 7) is 1.96. The Morgan fingerprint density at radius 3 is 2.38 bits per heavy atom. The van der Waals surface area contributed by atoms with Crippen molar-refractivity contribution in [3.8, 4) is 0 Å². The van der Waals surface area contributed by atoms with Gasteiger partial charge in [-0.15, -0.1) is 0 Å². The highest BCUT2D eigenvalue weighted by atomic mass is 35.5. The van der Waals surface area contributed by atoms with Gasteiger partial charge in [0.2, 0.25) is 0 Å². The number of hydrogen-bond donors (Lipinski definition) is 2. The van der Waals surface area contributed by atoms with E-state index in [1.165, 1.54) is 19.2 Å². The number of ether oxygens (including phenoxy) is 1. The summed E-state index contributed by atoms with van der Waals surface area (Å²) in [5, 5.41) is 18.1. The van der Waals surface area contributed by atoms with Gasteiger partial charge in [0.15, 0.2) is 0 Å². The first-order chi connectivity index (χ1) is 16.2. The maximum atomic E-state index is 13.1. The average molecular weight is 502 g/mol. The van der Waals surface area contributed by atoms with Crippen LogP contribution in [0.2, 0.25) is 10.0 Å². The summed E-state index contributed by atoms with van der Waals surface area (Å²) >= 11 is 12.1. The molecule has 1 unspecified atom stereocenters. The number of nitro groups is 1. The molecule has 0 saturated carbocycles. The van der Waals surface area contributed by atoms with Crippen LogP contribution < -0.4 is 10.6 Å². The number of methoxy groups -OCH3 is 1. The van der Waals surface area contributed by atoms with Gasteiger partial charge in [-0.25, -0.2) is 4.79 Å². The molecule has 0 aromatic heterocycles. The molecule has 0 fully saturated rings. The molecule has 1 amide bonds. The Morgan fingerprint density at radius 1 is 1.06 bits per heavy atom. The summed E-state index contributed by atoms with van der Waals surface area (Å²) in [4.78, 5) is 35.8. The lowest BCUT2D eigenvalue weighted by Crippen LogP contribution is -2.27. The van der Waals surface area contributed by atoms with E-state index in [1.807, 2.05) is 0 Å². The molecule has 0 aliphatic rings. The zero-order chi connectivity index (χ0) is 24.8. The normalized spacial score (nSPS) is 11.4. The second-order valence-corrected chi connectivity index (χ2v) is 8.27. The lowest BCUT2D eigenvalue weighted by molar-refractivity contribution is -0.384. The van der Waals surface area contributed by atoms with E-state index < -0.39 is 22.8 Å². The van der Waals surface area contributed by atoms with Crippen LogP contribution in [0.3, 0.4) is 0 Å². The van der Waals surface area contributed by atoms with E-state index in [9.17, 15) is 19.7 Å². The number of carbonyl (C=O) groups is 2. The van der Waals surface area contributed by atoms with Crippen molar-refractivity contribution in [3.63, 3.8) is 0 Å². The van der Waals surface area contributed by atoms with Crippen LogP contribution in [0.1, 0.15) is 44.8 Å². The van der Waals surface area contributed by atoms with Crippen LogP contribution in [0.25, 0.3) is 0 Å². The minimum absolute atomic E-state index is 0.0271. The predicted molar refractivity (Wildman–Crippen MR) is 131 cm³/mol. The molecule has 3 aromatic rings. The van der Waals surface area contributed by atoms with E-state index in [2.05, 4.69) is 15.4 Å². The van der Waals surface area contributed by atoms with Crippen LogP contribution in [-0.2, 0) is 11.3 Å². The number of anilines is 1. The predicted octanol–water partition coefficient (Wildman–Crippen LogP) is 5.79. The Balaban J connectivity index is 1.87. The molecule has 3 aromatic carbocycles. The first-order valence-electron chi connectivity index (χ1n) is 10.1. The molecule has 0 spiro atoms. The molecular formula is C24H21Cl2N3O5. The van der Waals surface area contributed by atoms with Gasteiger partial charge in [-0.1, -0.05) is 47.5 Å². The standard InChI is InChI=1S/C24H21Cl2N3O5/c1-14(16-6-8-17(9-7-16)24(31)34-2)28-23(30)20-11-19(26)12-21(29(32)33)22(20)27-13-15-4-3-5-18(25)10-15/h3-12,14,27H,13H2,1-2H3,(H,28,30). The molecule has 0 heterocycles. The van der Waals surface area contributed by atoms with E-state index in [0.717, 1.165) is 11.1 Å². The second-order valence-electron chi connectivity index (χ2n) is 7.40. The van der Waals surface area contributed by atoms with Gasteiger partial charge in [-0.05, 0) is 48.4 Å². The zero-order valence-corrected chi connectivity index (χ0v) is 19.8. The monoisotopic (exact) mass is 501 g/mol. The van der Waals surface area contributed by atoms with E-state index in [0.29, 0.717) is 10.6 Å². The quantitative estimate of drug-likeness (QED) is 0.229. The number of rotatable bonds is 8. The Labute approximate surface area is 206 Å². The minimum Gasteiger partial charge on any atom is -0.465 e. The van der Waals surface area contributed by atoms with Crippen molar-refractivity contribution in [3.05, 3.63) is 103 Å². The van der Waals surface area contributed by atoms with Crippen LogP contribution in [0.5, 0.6) is 0 Å². The molecule has 1 atom stereocenters. The fourth-order valence-corrected chi connectivity index (χ4v) is 3.75. The molecule has 3 rings (SSSR count). The summed E-state index contributed by atoms with van der Waals surface area (Å²) in [6.07, 6.45) is 0. The first-order valence-corrected chi connectivity index (χ1v) is 10.9. The number of hydrogen-bond acceptors (Lipinski definition) is 6. The topological polar surface area (TPSA) is 111 Å². The van der Waals surface area contributed by atoms with Crippen LogP contribution in [0, 0.1) is 10.1 Å². The van der Waals surface area contributed by atoms with Gasteiger partial charge in [-0.2, -0.15) is 0 Å². The maximum absolute atomic E-state index is 13.1. The van der Waals surface area contributed by atoms with Gasteiger partial charge < -0.3 is 15.4 Å². The van der Waals surface area contributed by atoms with Gasteiger partial charge >= 0.3 is 5.97 Å². The van der Waals surface area contributed by atoms with Crippen molar-refractivity contribution < 1.29 is 19.2 Å². The largest absolute Gasteiger partial charge is 0.465 e. The highest BCUT2D eigenvalue weighted by Crippen LogP contribution is 2.33. The van der Waals surface area contributed by atoms with Crippen LogP contribution in [-0.4, -0.2) is 23.9 Å². The summed E-state index contributed by atoms with van der Waals surface area (Å²) in [6, 6.07) is 15.7. The molecular weight excluding hydrogens is 481 g/mol. The average Bonchev–Trinajstić information content (AvgIpc) is 2.82. The van der Waals surface area contributed by atoms with Gasteiger partial charge in [0.05, 0.1) is 29.2 Å². The van der Waals surface area contributed by atoms with Crippen LogP contribution in [0.15, 0.2) is 60.7 Å². The summed E-state index contributed by atoms with van der Waals surface area (Å²) < 4.78 is 4.68. The number of nitrogens with one attached hydrogen (secondary N) is 2. The highest BCUT2D eigenvalue weighted by molar-refractivity contribution is 6.31. The molecule has 8 nitrogen and oxygen atoms in total. The molecule has 0 radical (unpaired) electrons. The van der Waals surface area contributed by atoms with E-state index in [1.54, 1.807) is 55.5 Å². The van der Waals surface area contributed by atoms with Gasteiger partial charge in [0.25, 0.3) is 11.6 Å². The van der Waals surface area contributed by atoms with Gasteiger partial charge in [0.1, 0.15) is 5.69 Å². The molecule has 0 aliphatic heterocycles. The number of nitrogens with zero attached hydrogens (tertiary/aromatic N) is 1. The number of carbonyl (C=O) groups excluding carboxylic acids is 2. The van der Waals surface area contributed by atoms with E-state index in [4.69, 9.17) is 23.2 Å². The van der Waals surface area contributed by atoms with Crippen molar-refractivity contribution in [2.24, 2.45) is 0 Å². The van der Waals surface area contributed by atoms with E-state index >= 15 is 0 Å². The fourth-order valence-electron chi connectivity index (χ4n) is 3.32. The Bertz CT molecular complexity index is 1230. The van der Waals surface area contributed by atoms with E-state index in [-0.39, 0.29) is 28.5 Å². The SMILES string of the molecule is COC(=O)c1ccc(C(C)NC(=O)c2cc(Cl)cc([N+](=O)[O-])c2NCc2cccc(Cl)c2)cc1. The summed E-state index contributed by atoms with van der Waals surface area (Å²) in [7, 11) is 1.29. The number of benzene rings is 3. The lowest BCUT2D eigenvalue weighted by Gasteiger charge is -2.17. The second kappa shape index (κ2) is 11.0. The first kappa shape index (κ1) is 25.0. The summed E-state index contributed by atoms with van der Waals surface area (Å²) in [5.41, 5.74) is 1.63. The molecule has 10 heteroatoms. The molecule has 0 bridgehead atoms. The molecule has 0 saturated heterocycles. The fraction of sp³-hybridized carbons (Fsp3) is 0.167. The zero-order valence-electron chi connectivity index (χ0n) is 18.3. The molecule has 176 valence electrons. The van der Waals surface area contributed by atoms with Crippen molar-refractivity contribution in [2.75, 3.05) is 12.4 Å². The van der Waals surface area contributed by atoms with Crippen molar-refractivity contribution in [1.29, 1.82) is 0 Å². The van der Waals surface area contributed by atoms with Crippen LogP contribution in [0.4, 0.5) is 11.4 Å². The molecule has 0 aliphatic carbocycles. The molecule has 34 heavy (non-hydrogen) atoms. The van der Waals surface area contributed by atoms with Crippen LogP contribution >= 0.6 is 23.2 Å². The third-order valence-electron chi connectivity index (χ3n) is 5.06. The van der Waals surface area contributed by atoms with Crippen molar-refractivity contribution >= 4 is 46.5 Å². The number of amides is 1. The lowest BCUT2D eigenvalue weighted by atomic mass is 10.0. The van der Waals surface area contributed by atoms with Crippen molar-refractivity contribution in [2.45, 2.75) is 19.5 Å². The molecule has 2 N–H and O–H groups in total. The number of nitro benzene ring substituents is 1. The maximum Gasteiger partial charge on any atom is 0.337 e. The summed E-state index contributed by atoms with van der Waals surface area (Å²) in [5.74, 6) is -1.02. The Hall–Kier alpha value is -3.62. The Morgan fingerprint density at radius 2 is 1.76 bits per heavy atom. The highest BCUT2D eigenvalue weighted by Gasteiger charge is 2.24. The minimum atomic E-state index is -0.599. The van der Waals surface area contributed by atoms with Crippen molar-refractivity contribution in [1.82, 2.24) is 5.32 Å². The number of esters is 1. The third-order valence-corrected chi connectivity index (χ3v) is 5.51.